The quantitative estimate of drug-likeness (QED) is 0.0786. The second-order valence-electron chi connectivity index (χ2n) is 23.6. The van der Waals surface area contributed by atoms with E-state index in [9.17, 15) is 14.7 Å². The summed E-state index contributed by atoms with van der Waals surface area (Å²) in [5, 5.41) is 27.2. The van der Waals surface area contributed by atoms with E-state index >= 15 is 0 Å². The van der Waals surface area contributed by atoms with Crippen molar-refractivity contribution in [2.75, 3.05) is 72.8 Å². The van der Waals surface area contributed by atoms with E-state index in [1.807, 2.05) is 87.9 Å². The lowest BCUT2D eigenvalue weighted by Crippen LogP contribution is -2.54. The molecule has 6 aliphatic rings. The van der Waals surface area contributed by atoms with E-state index < -0.39 is 18.1 Å². The molecule has 1 unspecified atom stereocenters. The number of carbonyl (C=O) groups excluding carboxylic acids is 2. The van der Waals surface area contributed by atoms with Gasteiger partial charge >= 0.3 is 0 Å². The molecule has 0 radical (unpaired) electrons. The maximum atomic E-state index is 14.4. The highest BCUT2D eigenvalue weighted by Gasteiger charge is 2.45. The molecule has 5 saturated heterocycles. The maximum Gasteiger partial charge on any atom is 0.243 e. The van der Waals surface area contributed by atoms with E-state index in [1.54, 1.807) is 16.2 Å². The fraction of sp³-hybridized carbons (Fsp3) is 0.525. The molecule has 6 aromatic rings. The third-order valence-electron chi connectivity index (χ3n) is 17.8. The van der Waals surface area contributed by atoms with Gasteiger partial charge in [0.25, 0.3) is 0 Å². The van der Waals surface area contributed by atoms with Crippen LogP contribution >= 0.6 is 11.3 Å². The molecule has 2 aromatic carbocycles. The zero-order valence-corrected chi connectivity index (χ0v) is 47.3. The number of anilines is 4. The van der Waals surface area contributed by atoms with Crippen LogP contribution in [0.4, 0.5) is 23.0 Å². The van der Waals surface area contributed by atoms with Gasteiger partial charge in [0.05, 0.1) is 51.8 Å². The van der Waals surface area contributed by atoms with E-state index in [1.165, 1.54) is 5.69 Å². The monoisotopic (exact) mass is 1100 g/mol. The average molecular weight is 1110 g/mol. The number of ether oxygens (including phenoxy) is 2. The second kappa shape index (κ2) is 23.4. The molecule has 2 amide bonds. The van der Waals surface area contributed by atoms with Crippen molar-refractivity contribution in [3.8, 4) is 27.6 Å². The molecule has 1 aliphatic carbocycles. The van der Waals surface area contributed by atoms with Gasteiger partial charge in [-0.3, -0.25) is 9.59 Å². The average Bonchev–Trinajstić information content (AvgIpc) is 4.29. The predicted molar refractivity (Wildman–Crippen MR) is 310 cm³/mol. The number of nitrogen functional groups attached to an aromatic ring is 1. The van der Waals surface area contributed by atoms with Crippen LogP contribution < -0.4 is 30.5 Å². The van der Waals surface area contributed by atoms with Gasteiger partial charge in [-0.1, -0.05) is 73.6 Å². The number of aromatic nitrogens is 5. The van der Waals surface area contributed by atoms with Crippen LogP contribution in [-0.2, 0) is 14.3 Å². The number of thiazole rings is 1. The molecule has 5 aliphatic heterocycles. The SMILES string of the molecule is Cc1ncsc1-c1ccc([C@H](C)NC(=O)[C@@H]2C[C@@H](O)CN2C(=O)[C@@H](c2cc(N3CCC(CN4CCC(OC5CC(Oc6cc(N7C8CC[C@@H]7CN(c7cc(-c9ccccc9)nnc7N)C8)ccn6)C5)CC4)CC3)no2)C(C)C)cc1. The number of hydrogen-bond donors (Lipinski definition) is 3. The third-order valence-corrected chi connectivity index (χ3v) is 18.8. The minimum absolute atomic E-state index is 0.0880. The van der Waals surface area contributed by atoms with Crippen LogP contribution in [0.2, 0.25) is 0 Å². The summed E-state index contributed by atoms with van der Waals surface area (Å²) < 4.78 is 19.1. The Hall–Kier alpha value is -6.67. The summed E-state index contributed by atoms with van der Waals surface area (Å²) >= 11 is 1.60. The summed E-state index contributed by atoms with van der Waals surface area (Å²) in [6.45, 7) is 14.6. The minimum atomic E-state index is -0.799. The number of nitrogens with zero attached hydrogens (tertiary/aromatic N) is 10. The van der Waals surface area contributed by atoms with Gasteiger partial charge in [0, 0.05) is 113 Å². The van der Waals surface area contributed by atoms with Crippen molar-refractivity contribution < 1.29 is 28.7 Å². The molecular weight excluding hydrogens is 1030 g/mol. The molecule has 0 spiro atoms. The lowest BCUT2D eigenvalue weighted by atomic mass is 9.91. The number of rotatable bonds is 17. The molecule has 80 heavy (non-hydrogen) atoms. The number of piperidine rings is 2. The van der Waals surface area contributed by atoms with Crippen molar-refractivity contribution in [3.63, 3.8) is 0 Å². The first kappa shape index (κ1) is 53.9. The Balaban J connectivity index is 0.564. The summed E-state index contributed by atoms with van der Waals surface area (Å²) in [6.07, 6.45) is 10.1. The Morgan fingerprint density at radius 1 is 0.812 bits per heavy atom. The number of amides is 2. The molecule has 4 aromatic heterocycles. The van der Waals surface area contributed by atoms with E-state index in [-0.39, 0.29) is 55.1 Å². The number of pyridine rings is 1. The van der Waals surface area contributed by atoms with E-state index in [0.717, 1.165) is 142 Å². The number of β-amino-alcohol motifs (C(OH)–C–C–N with tert-alkyl or cyclic N) is 1. The standard InChI is InChI=1S/C61H76N12O6S/c1-37(2)57(61(76)72-35-47(74)27-53(72)60(75)65-38(3)41-10-12-43(13-11-41)58-39(4)64-36-80-58)54-31-55(68-79-54)70-24-17-40(18-25-70)32-69-22-19-48(20-23-69)77-49-28-50(29-49)78-56-26-44(16-21-63-56)73-45-14-15-46(73)34-71(33-45)52-30-51(66-67-59(52)62)42-8-6-5-7-9-42/h5-13,16,21,26,30-31,36-38,40,45-50,53,57,74H,14-15,17-20,22-25,27-29,32-35H2,1-4H3,(H2,62,67)(H,65,75)/t38-,45+,46?,47+,49?,50?,53-,57+/m0/s1. The fourth-order valence-electron chi connectivity index (χ4n) is 13.3. The zero-order valence-electron chi connectivity index (χ0n) is 46.5. The molecule has 422 valence electrons. The second-order valence-corrected chi connectivity index (χ2v) is 24.5. The predicted octanol–water partition coefficient (Wildman–Crippen LogP) is 8.28. The van der Waals surface area contributed by atoms with Crippen molar-refractivity contribution in [1.82, 2.24) is 40.4 Å². The normalized spacial score (nSPS) is 24.5. The van der Waals surface area contributed by atoms with E-state index in [2.05, 4.69) is 80.6 Å². The number of hydrogen-bond acceptors (Lipinski definition) is 17. The van der Waals surface area contributed by atoms with Crippen LogP contribution in [0.5, 0.6) is 5.88 Å². The highest BCUT2D eigenvalue weighted by atomic mass is 32.1. The van der Waals surface area contributed by atoms with Gasteiger partial charge in [0.15, 0.2) is 17.4 Å². The van der Waals surface area contributed by atoms with Gasteiger partial charge in [0.1, 0.15) is 18.1 Å². The van der Waals surface area contributed by atoms with Gasteiger partial charge in [-0.15, -0.1) is 21.5 Å². The van der Waals surface area contributed by atoms with Crippen molar-refractivity contribution in [2.45, 2.75) is 140 Å². The largest absolute Gasteiger partial charge is 0.474 e. The first-order chi connectivity index (χ1) is 38.9. The summed E-state index contributed by atoms with van der Waals surface area (Å²) in [5.41, 5.74) is 15.3. The highest BCUT2D eigenvalue weighted by molar-refractivity contribution is 7.13. The molecule has 12 rings (SSSR count). The summed E-state index contributed by atoms with van der Waals surface area (Å²) in [4.78, 5) is 49.7. The summed E-state index contributed by atoms with van der Waals surface area (Å²) in [5.74, 6) is 1.69. The first-order valence-corrected chi connectivity index (χ1v) is 30.0. The Morgan fingerprint density at radius 2 is 1.56 bits per heavy atom. The molecule has 6 atom stereocenters. The van der Waals surface area contributed by atoms with Crippen molar-refractivity contribution in [1.29, 1.82) is 0 Å². The Morgan fingerprint density at radius 3 is 2.27 bits per heavy atom. The topological polar surface area (TPSA) is 205 Å². The van der Waals surface area contributed by atoms with Crippen LogP contribution in [0.15, 0.2) is 95.1 Å². The highest BCUT2D eigenvalue weighted by Crippen LogP contribution is 2.41. The molecule has 6 fully saturated rings. The van der Waals surface area contributed by atoms with Crippen molar-refractivity contribution >= 4 is 46.2 Å². The summed E-state index contributed by atoms with van der Waals surface area (Å²) in [6, 6.07) is 26.1. The number of benzene rings is 2. The lowest BCUT2D eigenvalue weighted by Gasteiger charge is -2.43. The first-order valence-electron chi connectivity index (χ1n) is 29.1. The van der Waals surface area contributed by atoms with E-state index in [0.29, 0.717) is 35.5 Å². The number of piperazine rings is 1. The van der Waals surface area contributed by atoms with Gasteiger partial charge in [-0.05, 0) is 87.5 Å². The number of aliphatic hydroxyl groups excluding tert-OH is 1. The van der Waals surface area contributed by atoms with Crippen LogP contribution in [0.25, 0.3) is 21.7 Å². The molecular formula is C61H76N12O6S. The van der Waals surface area contributed by atoms with Gasteiger partial charge in [-0.2, -0.15) is 0 Å². The smallest absolute Gasteiger partial charge is 0.243 e. The van der Waals surface area contributed by atoms with Gasteiger partial charge in [-0.25, -0.2) is 9.97 Å². The minimum Gasteiger partial charge on any atom is -0.474 e. The Labute approximate surface area is 473 Å². The molecule has 9 heterocycles. The fourth-order valence-corrected chi connectivity index (χ4v) is 14.1. The molecule has 2 bridgehead atoms. The molecule has 18 nitrogen and oxygen atoms in total. The molecule has 19 heteroatoms. The lowest BCUT2D eigenvalue weighted by molar-refractivity contribution is -0.141. The van der Waals surface area contributed by atoms with E-state index in [4.69, 9.17) is 19.7 Å². The number of aliphatic hydroxyl groups is 1. The van der Waals surface area contributed by atoms with Gasteiger partial charge in [0.2, 0.25) is 17.7 Å². The van der Waals surface area contributed by atoms with Crippen LogP contribution in [0, 0.1) is 18.8 Å². The van der Waals surface area contributed by atoms with Crippen LogP contribution in [0.3, 0.4) is 0 Å². The molecule has 1 saturated carbocycles. The Bertz CT molecular complexity index is 3070. The number of carbonyl (C=O) groups is 2. The number of fused-ring (bicyclic) bond motifs is 2. The molecule has 4 N–H and O–H groups in total. The van der Waals surface area contributed by atoms with Crippen molar-refractivity contribution in [3.05, 3.63) is 108 Å². The number of nitrogens with one attached hydrogen (secondary N) is 1. The summed E-state index contributed by atoms with van der Waals surface area (Å²) in [7, 11) is 0. The van der Waals surface area contributed by atoms with Gasteiger partial charge < -0.3 is 54.7 Å². The van der Waals surface area contributed by atoms with Crippen LogP contribution in [0.1, 0.15) is 108 Å². The number of nitrogens with two attached hydrogens (primary N) is 1. The zero-order chi connectivity index (χ0) is 55.0. The maximum absolute atomic E-state index is 14.4. The number of aryl methyl sites for hydroxylation is 1. The Kier molecular flexibility index (Phi) is 15.8. The third kappa shape index (κ3) is 11.6. The number of likely N-dealkylation sites (tertiary alicyclic amines) is 2. The van der Waals surface area contributed by atoms with Crippen LogP contribution in [-0.4, -0.2) is 147 Å². The van der Waals surface area contributed by atoms with Crippen molar-refractivity contribution in [2.24, 2.45) is 11.8 Å².